The summed E-state index contributed by atoms with van der Waals surface area (Å²) in [4.78, 5) is -1.00. The molecule has 0 heterocycles. The van der Waals surface area contributed by atoms with Gasteiger partial charge in [-0.2, -0.15) is 13.2 Å². The second kappa shape index (κ2) is 3.95. The fourth-order valence-corrected chi connectivity index (χ4v) is 1.97. The van der Waals surface area contributed by atoms with Crippen molar-refractivity contribution in [2.24, 2.45) is 5.14 Å². The number of hydrogen-bond acceptors (Lipinski definition) is 3. The first-order chi connectivity index (χ1) is 7.18. The summed E-state index contributed by atoms with van der Waals surface area (Å²) in [6.07, 6.45) is -4.85. The molecule has 0 bridgehead atoms. The van der Waals surface area contributed by atoms with E-state index in [0.717, 1.165) is 25.3 Å². The van der Waals surface area contributed by atoms with Gasteiger partial charge in [-0.1, -0.05) is 6.07 Å². The smallest absolute Gasteiger partial charge is 0.421 e. The Bertz CT molecular complexity index is 496. The van der Waals surface area contributed by atoms with Gasteiger partial charge in [0.25, 0.3) is 0 Å². The molecule has 0 aromatic heterocycles. The quantitative estimate of drug-likeness (QED) is 0.867. The van der Waals surface area contributed by atoms with Crippen LogP contribution in [-0.4, -0.2) is 15.5 Å². The Hall–Kier alpha value is -1.28. The number of hydrogen-bond donors (Lipinski definition) is 1. The molecule has 1 aromatic rings. The van der Waals surface area contributed by atoms with Crippen molar-refractivity contribution in [2.75, 3.05) is 7.11 Å². The number of sulfonamides is 1. The van der Waals surface area contributed by atoms with Gasteiger partial charge in [-0.25, -0.2) is 13.6 Å². The van der Waals surface area contributed by atoms with Crippen molar-refractivity contribution < 1.29 is 26.3 Å². The van der Waals surface area contributed by atoms with Gasteiger partial charge in [0.15, 0.2) is 0 Å². The lowest BCUT2D eigenvalue weighted by Crippen LogP contribution is -2.19. The molecule has 16 heavy (non-hydrogen) atoms. The van der Waals surface area contributed by atoms with Gasteiger partial charge in [-0.15, -0.1) is 0 Å². The van der Waals surface area contributed by atoms with E-state index in [9.17, 15) is 21.6 Å². The summed E-state index contributed by atoms with van der Waals surface area (Å²) in [7, 11) is -3.44. The molecule has 1 rings (SSSR count). The van der Waals surface area contributed by atoms with E-state index >= 15 is 0 Å². The first-order valence-electron chi connectivity index (χ1n) is 3.95. The largest absolute Gasteiger partial charge is 0.496 e. The van der Waals surface area contributed by atoms with Crippen molar-refractivity contribution in [3.63, 3.8) is 0 Å². The number of alkyl halides is 3. The summed E-state index contributed by atoms with van der Waals surface area (Å²) in [5.74, 6) is -0.584. The molecule has 0 spiro atoms. The number of nitrogens with two attached hydrogens (primary N) is 1. The molecule has 0 unspecified atom stereocenters. The fourth-order valence-electron chi connectivity index (χ4n) is 1.20. The van der Waals surface area contributed by atoms with Gasteiger partial charge in [-0.05, 0) is 12.1 Å². The number of methoxy groups -OCH3 is 1. The Morgan fingerprint density at radius 3 is 2.25 bits per heavy atom. The SMILES string of the molecule is COc1cccc(S(N)(=O)=O)c1C(F)(F)F. The van der Waals surface area contributed by atoms with Crippen molar-refractivity contribution in [3.8, 4) is 5.75 Å². The second-order valence-corrected chi connectivity index (χ2v) is 4.41. The van der Waals surface area contributed by atoms with Gasteiger partial charge >= 0.3 is 6.18 Å². The molecule has 0 fully saturated rings. The summed E-state index contributed by atoms with van der Waals surface area (Å²) in [6.45, 7) is 0. The summed E-state index contributed by atoms with van der Waals surface area (Å²) >= 11 is 0. The van der Waals surface area contributed by atoms with Gasteiger partial charge in [0.2, 0.25) is 10.0 Å². The van der Waals surface area contributed by atoms with Gasteiger partial charge in [0, 0.05) is 0 Å². The van der Waals surface area contributed by atoms with Crippen LogP contribution in [0.2, 0.25) is 0 Å². The predicted octanol–water partition coefficient (Wildman–Crippen LogP) is 1.36. The molecule has 2 N–H and O–H groups in total. The lowest BCUT2D eigenvalue weighted by atomic mass is 10.2. The molecule has 0 saturated carbocycles. The average Bonchev–Trinajstić information content (AvgIpc) is 2.13. The third-order valence-electron chi connectivity index (χ3n) is 1.80. The topological polar surface area (TPSA) is 69.4 Å². The van der Waals surface area contributed by atoms with E-state index in [-0.39, 0.29) is 0 Å². The maximum atomic E-state index is 12.6. The lowest BCUT2D eigenvalue weighted by Gasteiger charge is -2.14. The monoisotopic (exact) mass is 255 g/mol. The number of rotatable bonds is 2. The van der Waals surface area contributed by atoms with E-state index < -0.39 is 32.4 Å². The summed E-state index contributed by atoms with van der Waals surface area (Å²) in [5, 5.41) is 4.69. The molecule has 0 aliphatic heterocycles. The molecule has 0 aliphatic carbocycles. The highest BCUT2D eigenvalue weighted by atomic mass is 32.2. The third kappa shape index (κ3) is 2.45. The van der Waals surface area contributed by atoms with Crippen molar-refractivity contribution in [2.45, 2.75) is 11.1 Å². The van der Waals surface area contributed by atoms with Crippen LogP contribution in [0.4, 0.5) is 13.2 Å². The number of halogens is 3. The summed E-state index contributed by atoms with van der Waals surface area (Å²) < 4.78 is 64.3. The van der Waals surface area contributed by atoms with Crippen LogP contribution in [0.5, 0.6) is 5.75 Å². The van der Waals surface area contributed by atoms with E-state index in [1.807, 2.05) is 0 Å². The van der Waals surface area contributed by atoms with Crippen LogP contribution in [0, 0.1) is 0 Å². The lowest BCUT2D eigenvalue weighted by molar-refractivity contribution is -0.141. The molecule has 0 atom stereocenters. The van der Waals surface area contributed by atoms with E-state index in [1.165, 1.54) is 0 Å². The number of primary sulfonamides is 1. The van der Waals surface area contributed by atoms with E-state index in [1.54, 1.807) is 0 Å². The van der Waals surface area contributed by atoms with Crippen LogP contribution < -0.4 is 9.88 Å². The van der Waals surface area contributed by atoms with Crippen molar-refractivity contribution in [3.05, 3.63) is 23.8 Å². The minimum atomic E-state index is -4.85. The second-order valence-electron chi connectivity index (χ2n) is 2.88. The zero-order valence-corrected chi connectivity index (χ0v) is 8.89. The predicted molar refractivity (Wildman–Crippen MR) is 49.4 cm³/mol. The minimum Gasteiger partial charge on any atom is -0.496 e. The van der Waals surface area contributed by atoms with Gasteiger partial charge in [-0.3, -0.25) is 0 Å². The summed E-state index contributed by atoms with van der Waals surface area (Å²) in [5.41, 5.74) is -1.39. The minimum absolute atomic E-state index is 0.584. The Morgan fingerprint density at radius 2 is 1.88 bits per heavy atom. The maximum Gasteiger partial charge on any atom is 0.421 e. The van der Waals surface area contributed by atoms with Crippen molar-refractivity contribution in [1.29, 1.82) is 0 Å². The van der Waals surface area contributed by atoms with Crippen molar-refractivity contribution >= 4 is 10.0 Å². The maximum absolute atomic E-state index is 12.6. The molecule has 1 aromatic carbocycles. The van der Waals surface area contributed by atoms with Gasteiger partial charge in [0.05, 0.1) is 12.0 Å². The van der Waals surface area contributed by atoms with Crippen LogP contribution >= 0.6 is 0 Å². The molecule has 90 valence electrons. The van der Waals surface area contributed by atoms with Crippen LogP contribution in [0.1, 0.15) is 5.56 Å². The van der Waals surface area contributed by atoms with E-state index in [2.05, 4.69) is 4.74 Å². The van der Waals surface area contributed by atoms with Crippen LogP contribution in [0.25, 0.3) is 0 Å². The zero-order valence-electron chi connectivity index (χ0n) is 8.08. The zero-order chi connectivity index (χ0) is 12.6. The molecule has 8 heteroatoms. The standard InChI is InChI=1S/C8H8F3NO3S/c1-15-5-3-2-4-6(16(12,13)14)7(5)8(9,10)11/h2-4H,1H3,(H2,12,13,14). The molecule has 4 nitrogen and oxygen atoms in total. The summed E-state index contributed by atoms with van der Waals surface area (Å²) in [6, 6.07) is 2.91. The van der Waals surface area contributed by atoms with Crippen molar-refractivity contribution in [1.82, 2.24) is 0 Å². The van der Waals surface area contributed by atoms with Gasteiger partial charge < -0.3 is 4.74 Å². The Balaban J connectivity index is 3.64. The van der Waals surface area contributed by atoms with Gasteiger partial charge in [0.1, 0.15) is 11.3 Å². The molecule has 0 radical (unpaired) electrons. The first-order valence-corrected chi connectivity index (χ1v) is 5.49. The average molecular weight is 255 g/mol. The van der Waals surface area contributed by atoms with Crippen LogP contribution in [0.3, 0.4) is 0 Å². The molecule has 0 amide bonds. The van der Waals surface area contributed by atoms with E-state index in [4.69, 9.17) is 5.14 Å². The Labute approximate surface area is 89.9 Å². The first kappa shape index (κ1) is 12.8. The molecular formula is C8H8F3NO3S. The number of ether oxygens (including phenoxy) is 1. The molecule has 0 aliphatic rings. The molecule has 0 saturated heterocycles. The Kier molecular flexibility index (Phi) is 3.15. The number of benzene rings is 1. The Morgan fingerprint density at radius 1 is 1.31 bits per heavy atom. The highest BCUT2D eigenvalue weighted by molar-refractivity contribution is 7.89. The highest BCUT2D eigenvalue weighted by Crippen LogP contribution is 2.39. The van der Waals surface area contributed by atoms with Crippen LogP contribution in [-0.2, 0) is 16.2 Å². The van der Waals surface area contributed by atoms with E-state index in [0.29, 0.717) is 0 Å². The molecular weight excluding hydrogens is 247 g/mol. The third-order valence-corrected chi connectivity index (χ3v) is 2.75. The fraction of sp³-hybridized carbons (Fsp3) is 0.250. The highest BCUT2D eigenvalue weighted by Gasteiger charge is 2.39. The normalized spacial score (nSPS) is 12.6. The van der Waals surface area contributed by atoms with Crippen LogP contribution in [0.15, 0.2) is 23.1 Å².